The molecule has 13 amide bonds. The molecule has 0 radical (unpaired) electrons. The van der Waals surface area contributed by atoms with Crippen LogP contribution in [0.4, 0.5) is 0 Å². The Kier molecular flexibility index (Phi) is 29.2. The van der Waals surface area contributed by atoms with Gasteiger partial charge in [0.15, 0.2) is 0 Å². The summed E-state index contributed by atoms with van der Waals surface area (Å²) >= 11 is 1.49. The molecule has 2 aromatic rings. The van der Waals surface area contributed by atoms with Crippen molar-refractivity contribution in [2.75, 3.05) is 64.5 Å². The second-order valence-corrected chi connectivity index (χ2v) is 26.4. The zero-order valence-corrected chi connectivity index (χ0v) is 54.9. The minimum atomic E-state index is -2.45. The number of amides is 13. The van der Waals surface area contributed by atoms with Crippen molar-refractivity contribution in [1.82, 2.24) is 62.6 Å². The summed E-state index contributed by atoms with van der Waals surface area (Å²) in [6, 6.07) is -6.96. The first-order valence-electron chi connectivity index (χ1n) is 31.7. The molecule has 0 aliphatic carbocycles. The second-order valence-electron chi connectivity index (χ2n) is 23.8. The van der Waals surface area contributed by atoms with Gasteiger partial charge in [-0.25, -0.2) is 0 Å². The van der Waals surface area contributed by atoms with Crippen molar-refractivity contribution in [3.05, 3.63) is 35.4 Å². The summed E-state index contributed by atoms with van der Waals surface area (Å²) in [5.74, 6) is -11.6. The number of nitrogens with zero attached hydrogens (tertiary/aromatic N) is 2. The number of benzene rings is 1. The third-order valence-electron chi connectivity index (χ3n) is 16.9. The Hall–Kier alpha value is -8.01. The number of methoxy groups -OCH3 is 1. The van der Waals surface area contributed by atoms with Crippen LogP contribution >= 0.6 is 11.8 Å². The highest BCUT2D eigenvalue weighted by Gasteiger charge is 2.45. The molecule has 1 aromatic heterocycles. The first kappa shape index (κ1) is 75.0. The largest absolute Gasteiger partial charge is 0.496 e. The van der Waals surface area contributed by atoms with Gasteiger partial charge in [0.05, 0.1) is 67.5 Å². The number of nitrogens with one attached hydrogen (secondary N) is 10. The van der Waals surface area contributed by atoms with Gasteiger partial charge in [-0.05, 0) is 67.9 Å². The molecule has 2 bridgehead atoms. The van der Waals surface area contributed by atoms with Gasteiger partial charge in [0.2, 0.25) is 65.0 Å². The number of primary amides is 1. The van der Waals surface area contributed by atoms with Gasteiger partial charge >= 0.3 is 0 Å². The molecule has 31 nitrogen and oxygen atoms in total. The fourth-order valence-electron chi connectivity index (χ4n) is 11.3. The van der Waals surface area contributed by atoms with Gasteiger partial charge in [-0.1, -0.05) is 40.0 Å². The Morgan fingerprint density at radius 3 is 2.04 bits per heavy atom. The predicted octanol–water partition coefficient (Wildman–Crippen LogP) is -3.33. The molecule has 15 N–H and O–H groups in total. The number of hydrogen-bond donors (Lipinski definition) is 14. The van der Waals surface area contributed by atoms with Crippen LogP contribution in [-0.2, 0) is 85.3 Å². The lowest BCUT2D eigenvalue weighted by molar-refractivity contribution is -0.144. The van der Waals surface area contributed by atoms with Crippen molar-refractivity contribution < 1.29 is 86.6 Å². The van der Waals surface area contributed by atoms with E-state index in [0.29, 0.717) is 112 Å². The number of aromatic nitrogens is 1. The molecule has 1 fully saturated rings. The number of hydrogen-bond acceptors (Lipinski definition) is 19. The van der Waals surface area contributed by atoms with E-state index < -0.39 is 176 Å². The number of carbonyl (C=O) groups is 13. The average molecular weight is 1360 g/mol. The van der Waals surface area contributed by atoms with Gasteiger partial charge in [-0.2, -0.15) is 11.8 Å². The number of aliphatic hydroxyl groups excluding tert-OH is 3. The second kappa shape index (κ2) is 36.6. The number of imide groups is 1. The normalized spacial score (nSPS) is 23.8. The highest BCUT2D eigenvalue weighted by Crippen LogP contribution is 2.36. The Morgan fingerprint density at radius 2 is 1.40 bits per heavy atom. The minimum Gasteiger partial charge on any atom is -0.496 e. The fourth-order valence-corrected chi connectivity index (χ4v) is 13.7. The van der Waals surface area contributed by atoms with E-state index in [9.17, 15) is 77.6 Å². The van der Waals surface area contributed by atoms with Crippen molar-refractivity contribution in [3.8, 4) is 5.75 Å². The third-order valence-corrected chi connectivity index (χ3v) is 19.4. The molecular weight excluding hydrogens is 1270 g/mol. The molecule has 33 heteroatoms. The van der Waals surface area contributed by atoms with Gasteiger partial charge in [-0.15, -0.1) is 0 Å². The molecule has 1 saturated heterocycles. The van der Waals surface area contributed by atoms with E-state index in [1.54, 1.807) is 26.0 Å². The number of thioether (sulfide) groups is 1. The number of aliphatic hydroxyl groups is 3. The number of rotatable bonds is 27. The fraction of sp³-hybridized carbons (Fsp3) is 0.623. The smallest absolute Gasteiger partial charge is 0.253 e. The topological polar surface area (TPSA) is 465 Å². The number of aromatic amines is 1. The van der Waals surface area contributed by atoms with Crippen molar-refractivity contribution >= 4 is 110 Å². The first-order chi connectivity index (χ1) is 44.8. The van der Waals surface area contributed by atoms with Crippen LogP contribution in [0.15, 0.2) is 29.3 Å². The molecule has 518 valence electrons. The highest BCUT2D eigenvalue weighted by atomic mass is 32.2. The zero-order chi connectivity index (χ0) is 68.8. The van der Waals surface area contributed by atoms with E-state index in [-0.39, 0.29) is 40.0 Å². The van der Waals surface area contributed by atoms with Gasteiger partial charge in [0.1, 0.15) is 47.0 Å². The molecule has 4 aliphatic heterocycles. The summed E-state index contributed by atoms with van der Waals surface area (Å²) in [6.45, 7) is 2.88. The number of ether oxygens (including phenoxy) is 1. The predicted molar refractivity (Wildman–Crippen MR) is 341 cm³/mol. The van der Waals surface area contributed by atoms with Crippen molar-refractivity contribution in [1.29, 1.82) is 0 Å². The van der Waals surface area contributed by atoms with Gasteiger partial charge < -0.3 is 83.5 Å². The Labute approximate surface area is 550 Å². The van der Waals surface area contributed by atoms with Crippen molar-refractivity contribution in [2.45, 2.75) is 170 Å². The van der Waals surface area contributed by atoms with Crippen molar-refractivity contribution in [2.24, 2.45) is 17.6 Å². The van der Waals surface area contributed by atoms with E-state index in [0.717, 1.165) is 11.3 Å². The summed E-state index contributed by atoms with van der Waals surface area (Å²) in [7, 11) is -1.02. The lowest BCUT2D eigenvalue weighted by Gasteiger charge is -2.32. The lowest BCUT2D eigenvalue weighted by atomic mass is 9.93. The monoisotopic (exact) mass is 1360 g/mol. The third kappa shape index (κ3) is 21.3. The summed E-state index contributed by atoms with van der Waals surface area (Å²) in [5.41, 5.74) is 6.59. The quantitative estimate of drug-likeness (QED) is 0.0307. The molecule has 1 unspecified atom stereocenters. The Bertz CT molecular complexity index is 3160. The molecule has 0 saturated carbocycles. The minimum absolute atomic E-state index is 0.0859. The van der Waals surface area contributed by atoms with Crippen LogP contribution in [0.2, 0.25) is 0 Å². The summed E-state index contributed by atoms with van der Waals surface area (Å²) in [4.78, 5) is 181. The summed E-state index contributed by atoms with van der Waals surface area (Å²) < 4.78 is 21.2. The Morgan fingerprint density at radius 1 is 0.766 bits per heavy atom. The van der Waals surface area contributed by atoms with E-state index in [1.165, 1.54) is 42.8 Å². The van der Waals surface area contributed by atoms with Crippen LogP contribution in [0.3, 0.4) is 0 Å². The molecule has 94 heavy (non-hydrogen) atoms. The maximum absolute atomic E-state index is 15.3. The molecule has 1 aromatic carbocycles. The maximum atomic E-state index is 15.3. The van der Waals surface area contributed by atoms with Crippen LogP contribution < -0.4 is 58.3 Å². The molecular formula is C61H89N13O18S2. The van der Waals surface area contributed by atoms with Gasteiger partial charge in [0.25, 0.3) is 11.8 Å². The first-order valence-corrected chi connectivity index (χ1v) is 34.2. The van der Waals surface area contributed by atoms with Crippen molar-refractivity contribution in [3.63, 3.8) is 0 Å². The van der Waals surface area contributed by atoms with Crippen LogP contribution in [0, 0.1) is 11.8 Å². The average Bonchev–Trinajstić information content (AvgIpc) is 1.61. The number of fused-ring (bicyclic) bond motifs is 5. The van der Waals surface area contributed by atoms with E-state index in [4.69, 9.17) is 10.5 Å². The SMILES string of the molecule is CC[C@H](C)[C@@H]1NC(=O)CNC(=O)[C@@H]2Cc3c([nH]c4c(CSCCCCNC(=O)CCCCCNC(=O)CCCCCN5C(=O)C=CC5=O)c(OC)ccc34)S(=O)C[C@H](NC(=O)CNC1=O)C(=O)N[C@@H](CC(N)=O)C(=O)N1C[C@H](O)C[C@H]1C(=O)N[C@@H]([C@@H](C)[C@H](O)CO)C(=O)N2. The summed E-state index contributed by atoms with van der Waals surface area (Å²) in [5, 5.41) is 55.5. The number of carbonyl (C=O) groups excluding carboxylic acids is 13. The zero-order valence-electron chi connectivity index (χ0n) is 53.3. The van der Waals surface area contributed by atoms with Crippen LogP contribution in [0.5, 0.6) is 5.75 Å². The molecule has 0 spiro atoms. The standard InChI is InChI=1S/C61H89N13O18S2/c1-5-33(2)52-58(88)66-27-48(81)67-41-32-94(91)60-37(25-39(55(85)65-28-49(82)70-52)68-59(89)53(34(3)43(77)30-75)71-57(87)42-24-35(76)29-74(42)61(90)40(26-45(62)78)69-56(41)86)36-16-17-44(92-4)38(54(36)72-60)31-93-23-13-11-21-64-46(79)14-8-6-10-20-63-47(80)15-9-7-12-22-73-50(83)18-19-51(73)84/h16-19,33-35,39-43,52-53,72,75-77H,5-15,20-32H2,1-4H3,(H2,62,78)(H,63,80)(H,64,79)(H,65,85)(H,66,88)(H,67,81)(H,68,89)(H,69,86)(H,70,82)(H,71,87)/t33-,34-,35+,39-,40-,41-,42-,43+,52-,53-,94?/m0/s1. The van der Waals surface area contributed by atoms with E-state index in [2.05, 4.69) is 52.8 Å². The molecule has 4 aliphatic rings. The van der Waals surface area contributed by atoms with Crippen LogP contribution in [-0.4, -0.2) is 224 Å². The van der Waals surface area contributed by atoms with Crippen LogP contribution in [0.25, 0.3) is 10.9 Å². The lowest BCUT2D eigenvalue weighted by Crippen LogP contribution is -2.62. The number of H-pyrrole nitrogens is 1. The van der Waals surface area contributed by atoms with E-state index >= 15 is 4.21 Å². The van der Waals surface area contributed by atoms with Crippen LogP contribution in [0.1, 0.15) is 115 Å². The molecule has 5 heterocycles. The highest BCUT2D eigenvalue weighted by molar-refractivity contribution is 7.98. The number of unbranched alkanes of at least 4 members (excludes halogenated alkanes) is 5. The molecule has 6 rings (SSSR count). The van der Waals surface area contributed by atoms with Gasteiger partial charge in [-0.3, -0.25) is 71.4 Å². The van der Waals surface area contributed by atoms with E-state index in [1.807, 2.05) is 0 Å². The molecule has 11 atom stereocenters. The summed E-state index contributed by atoms with van der Waals surface area (Å²) in [6.07, 6.45) is 3.82. The van der Waals surface area contributed by atoms with Gasteiger partial charge in [0, 0.05) is 86.6 Å². The number of nitrogens with two attached hydrogens (primary N) is 1. The Balaban J connectivity index is 1.24. The maximum Gasteiger partial charge on any atom is 0.253 e.